The molecular weight excluding hydrogens is 268 g/mol. The van der Waals surface area contributed by atoms with Gasteiger partial charge in [-0.05, 0) is 30.4 Å². The quantitative estimate of drug-likeness (QED) is 0.927. The molecule has 1 aliphatic rings. The molecule has 0 bridgehead atoms. The van der Waals surface area contributed by atoms with Gasteiger partial charge >= 0.3 is 12.0 Å². The van der Waals surface area contributed by atoms with Crippen LogP contribution in [0.3, 0.4) is 0 Å². The molecular formula is C16H22N2O3. The molecule has 21 heavy (non-hydrogen) atoms. The molecule has 1 aliphatic heterocycles. The van der Waals surface area contributed by atoms with Crippen LogP contribution in [0, 0.1) is 5.92 Å². The number of anilines is 1. The van der Waals surface area contributed by atoms with Crippen molar-refractivity contribution >= 4 is 17.7 Å². The number of aliphatic carboxylic acids is 1. The van der Waals surface area contributed by atoms with Crippen LogP contribution >= 0.6 is 0 Å². The number of urea groups is 1. The lowest BCUT2D eigenvalue weighted by Gasteiger charge is -2.34. The zero-order valence-electron chi connectivity index (χ0n) is 12.6. The second kappa shape index (κ2) is 6.61. The lowest BCUT2D eigenvalue weighted by Crippen LogP contribution is -2.48. The van der Waals surface area contributed by atoms with Crippen molar-refractivity contribution in [2.24, 2.45) is 5.92 Å². The predicted molar refractivity (Wildman–Crippen MR) is 81.6 cm³/mol. The van der Waals surface area contributed by atoms with Crippen molar-refractivity contribution in [2.75, 3.05) is 24.5 Å². The molecule has 1 aromatic carbocycles. The minimum absolute atomic E-state index is 0.210. The molecule has 0 fully saturated rings. The smallest absolute Gasteiger partial charge is 0.325 e. The molecule has 5 heteroatoms. The number of carboxylic acids is 1. The highest BCUT2D eigenvalue weighted by molar-refractivity contribution is 5.94. The fourth-order valence-corrected chi connectivity index (χ4v) is 2.72. The number of carbonyl (C=O) groups excluding carboxylic acids is 1. The second-order valence-electron chi connectivity index (χ2n) is 5.83. The minimum Gasteiger partial charge on any atom is -0.480 e. The average Bonchev–Trinajstić information content (AvgIpc) is 2.44. The van der Waals surface area contributed by atoms with Crippen molar-refractivity contribution < 1.29 is 14.7 Å². The van der Waals surface area contributed by atoms with E-state index in [4.69, 9.17) is 5.11 Å². The van der Waals surface area contributed by atoms with Crippen molar-refractivity contribution in [1.82, 2.24) is 4.90 Å². The van der Waals surface area contributed by atoms with E-state index < -0.39 is 5.97 Å². The van der Waals surface area contributed by atoms with Gasteiger partial charge in [0.05, 0.1) is 0 Å². The Labute approximate surface area is 125 Å². The highest BCUT2D eigenvalue weighted by atomic mass is 16.4. The van der Waals surface area contributed by atoms with E-state index in [2.05, 4.69) is 0 Å². The van der Waals surface area contributed by atoms with E-state index in [1.807, 2.05) is 38.1 Å². The van der Waals surface area contributed by atoms with Crippen molar-refractivity contribution in [3.05, 3.63) is 29.8 Å². The Hall–Kier alpha value is -2.04. The Bertz CT molecular complexity index is 528. The molecule has 114 valence electrons. The van der Waals surface area contributed by atoms with E-state index in [0.29, 0.717) is 13.1 Å². The number of amides is 2. The standard InChI is InChI=1S/C16H22N2O3/c1-12(2)10-17(11-15(19)20)16(21)18-9-5-7-13-6-3-4-8-14(13)18/h3-4,6,8,12H,5,7,9-11H2,1-2H3,(H,19,20). The number of carboxylic acid groups (broad SMARTS) is 1. The first-order valence-electron chi connectivity index (χ1n) is 7.35. The van der Waals surface area contributed by atoms with Crippen molar-refractivity contribution in [1.29, 1.82) is 0 Å². The maximum Gasteiger partial charge on any atom is 0.325 e. The van der Waals surface area contributed by atoms with Gasteiger partial charge in [0.25, 0.3) is 0 Å². The number of rotatable bonds is 4. The monoisotopic (exact) mass is 290 g/mol. The van der Waals surface area contributed by atoms with Crippen LogP contribution < -0.4 is 4.90 Å². The first-order chi connectivity index (χ1) is 9.99. The summed E-state index contributed by atoms with van der Waals surface area (Å²) >= 11 is 0. The third-order valence-corrected chi connectivity index (χ3v) is 3.52. The molecule has 2 rings (SSSR count). The molecule has 0 atom stereocenters. The average molecular weight is 290 g/mol. The molecule has 0 saturated carbocycles. The number of nitrogens with zero attached hydrogens (tertiary/aromatic N) is 2. The van der Waals surface area contributed by atoms with Gasteiger partial charge in [-0.2, -0.15) is 0 Å². The maximum atomic E-state index is 12.7. The van der Waals surface area contributed by atoms with Gasteiger partial charge in [0.15, 0.2) is 0 Å². The second-order valence-corrected chi connectivity index (χ2v) is 5.83. The van der Waals surface area contributed by atoms with Gasteiger partial charge in [-0.3, -0.25) is 9.69 Å². The summed E-state index contributed by atoms with van der Waals surface area (Å²) in [5.41, 5.74) is 2.06. The Morgan fingerprint density at radius 3 is 2.71 bits per heavy atom. The molecule has 1 aromatic rings. The predicted octanol–water partition coefficient (Wildman–Crippen LogP) is 2.60. The number of aryl methyl sites for hydroxylation is 1. The fraction of sp³-hybridized carbons (Fsp3) is 0.500. The Kier molecular flexibility index (Phi) is 4.83. The van der Waals surface area contributed by atoms with Crippen LogP contribution in [0.1, 0.15) is 25.8 Å². The van der Waals surface area contributed by atoms with Gasteiger partial charge in [0, 0.05) is 18.8 Å². The molecule has 1 heterocycles. The van der Waals surface area contributed by atoms with Crippen LogP contribution in [-0.4, -0.2) is 41.6 Å². The Morgan fingerprint density at radius 2 is 2.05 bits per heavy atom. The third-order valence-electron chi connectivity index (χ3n) is 3.52. The van der Waals surface area contributed by atoms with Crippen LogP contribution in [-0.2, 0) is 11.2 Å². The van der Waals surface area contributed by atoms with Gasteiger partial charge in [-0.15, -0.1) is 0 Å². The third kappa shape index (κ3) is 3.74. The molecule has 0 aromatic heterocycles. The summed E-state index contributed by atoms with van der Waals surface area (Å²) in [4.78, 5) is 26.9. The molecule has 2 amide bonds. The molecule has 0 aliphatic carbocycles. The van der Waals surface area contributed by atoms with E-state index in [1.165, 1.54) is 4.90 Å². The molecule has 0 radical (unpaired) electrons. The van der Waals surface area contributed by atoms with E-state index in [0.717, 1.165) is 24.1 Å². The van der Waals surface area contributed by atoms with Crippen LogP contribution in [0.2, 0.25) is 0 Å². The first kappa shape index (κ1) is 15.4. The molecule has 1 N–H and O–H groups in total. The van der Waals surface area contributed by atoms with Gasteiger partial charge in [-0.1, -0.05) is 32.0 Å². The summed E-state index contributed by atoms with van der Waals surface area (Å²) in [6.07, 6.45) is 1.87. The molecule has 0 spiro atoms. The summed E-state index contributed by atoms with van der Waals surface area (Å²) in [6, 6.07) is 7.63. The van der Waals surface area contributed by atoms with Crippen molar-refractivity contribution in [3.63, 3.8) is 0 Å². The normalized spacial score (nSPS) is 14.0. The minimum atomic E-state index is -0.978. The topological polar surface area (TPSA) is 60.9 Å². The highest BCUT2D eigenvalue weighted by Gasteiger charge is 2.27. The fourth-order valence-electron chi connectivity index (χ4n) is 2.72. The zero-order chi connectivity index (χ0) is 15.4. The number of benzene rings is 1. The van der Waals surface area contributed by atoms with Crippen LogP contribution in [0.4, 0.5) is 10.5 Å². The highest BCUT2D eigenvalue weighted by Crippen LogP contribution is 2.27. The maximum absolute atomic E-state index is 12.7. The molecule has 0 unspecified atom stereocenters. The summed E-state index contributed by atoms with van der Waals surface area (Å²) < 4.78 is 0. The van der Waals surface area contributed by atoms with Crippen LogP contribution in [0.15, 0.2) is 24.3 Å². The first-order valence-corrected chi connectivity index (χ1v) is 7.35. The molecule has 0 saturated heterocycles. The number of fused-ring (bicyclic) bond motifs is 1. The number of carbonyl (C=O) groups is 2. The molecule has 5 nitrogen and oxygen atoms in total. The van der Waals surface area contributed by atoms with Gasteiger partial charge < -0.3 is 10.0 Å². The Morgan fingerprint density at radius 1 is 1.33 bits per heavy atom. The summed E-state index contributed by atoms with van der Waals surface area (Å²) in [5.74, 6) is -0.748. The van der Waals surface area contributed by atoms with Crippen molar-refractivity contribution in [3.8, 4) is 0 Å². The summed E-state index contributed by atoms with van der Waals surface area (Å²) in [5, 5.41) is 9.03. The largest absolute Gasteiger partial charge is 0.480 e. The lowest BCUT2D eigenvalue weighted by atomic mass is 10.0. The van der Waals surface area contributed by atoms with E-state index in [-0.39, 0.29) is 18.5 Å². The van der Waals surface area contributed by atoms with Crippen LogP contribution in [0.25, 0.3) is 0 Å². The Balaban J connectivity index is 2.23. The SMILES string of the molecule is CC(C)CN(CC(=O)O)C(=O)N1CCCc2ccccc21. The van der Waals surface area contributed by atoms with Gasteiger partial charge in [0.2, 0.25) is 0 Å². The number of para-hydroxylation sites is 1. The van der Waals surface area contributed by atoms with Gasteiger partial charge in [-0.25, -0.2) is 4.79 Å². The van der Waals surface area contributed by atoms with E-state index in [1.54, 1.807) is 4.90 Å². The zero-order valence-corrected chi connectivity index (χ0v) is 12.6. The van der Waals surface area contributed by atoms with Gasteiger partial charge in [0.1, 0.15) is 6.54 Å². The van der Waals surface area contributed by atoms with Crippen molar-refractivity contribution in [2.45, 2.75) is 26.7 Å². The number of hydrogen-bond acceptors (Lipinski definition) is 2. The van der Waals surface area contributed by atoms with Crippen LogP contribution in [0.5, 0.6) is 0 Å². The summed E-state index contributed by atoms with van der Waals surface area (Å²) in [7, 11) is 0. The number of hydrogen-bond donors (Lipinski definition) is 1. The van der Waals surface area contributed by atoms with E-state index in [9.17, 15) is 9.59 Å². The van der Waals surface area contributed by atoms with E-state index >= 15 is 0 Å². The lowest BCUT2D eigenvalue weighted by molar-refractivity contribution is -0.137. The summed E-state index contributed by atoms with van der Waals surface area (Å²) in [6.45, 7) is 4.79.